The van der Waals surface area contributed by atoms with Gasteiger partial charge in [0.15, 0.2) is 6.61 Å². The molecule has 1 saturated carbocycles. The van der Waals surface area contributed by atoms with Crippen LogP contribution in [0.2, 0.25) is 0 Å². The quantitative estimate of drug-likeness (QED) is 0.773. The van der Waals surface area contributed by atoms with Gasteiger partial charge < -0.3 is 19.5 Å². The van der Waals surface area contributed by atoms with Crippen LogP contribution < -0.4 is 4.74 Å². The predicted molar refractivity (Wildman–Crippen MR) is 95.0 cm³/mol. The van der Waals surface area contributed by atoms with Crippen molar-refractivity contribution in [1.82, 2.24) is 4.90 Å². The number of nitrogens with zero attached hydrogens (tertiary/aromatic N) is 1. The zero-order chi connectivity index (χ0) is 18.5. The van der Waals surface area contributed by atoms with Crippen LogP contribution in [0.3, 0.4) is 0 Å². The molecule has 0 aliphatic heterocycles. The molecule has 2 aromatic carbocycles. The second-order valence-electron chi connectivity index (χ2n) is 6.19. The Kier molecular flexibility index (Phi) is 5.41. The number of methoxy groups -OCH3 is 1. The van der Waals surface area contributed by atoms with E-state index >= 15 is 0 Å². The first-order valence-electron chi connectivity index (χ1n) is 8.46. The van der Waals surface area contributed by atoms with Crippen LogP contribution in [0.15, 0.2) is 48.5 Å². The van der Waals surface area contributed by atoms with Gasteiger partial charge in [0.05, 0.1) is 7.11 Å². The molecule has 6 nitrogen and oxygen atoms in total. The maximum Gasteiger partial charge on any atom is 0.342 e. The highest BCUT2D eigenvalue weighted by Crippen LogP contribution is 2.29. The van der Waals surface area contributed by atoms with Crippen molar-refractivity contribution in [2.24, 2.45) is 0 Å². The Morgan fingerprint density at radius 2 is 1.81 bits per heavy atom. The third-order valence-electron chi connectivity index (χ3n) is 4.27. The summed E-state index contributed by atoms with van der Waals surface area (Å²) in [6, 6.07) is 13.8. The van der Waals surface area contributed by atoms with Gasteiger partial charge >= 0.3 is 5.97 Å². The van der Waals surface area contributed by atoms with Gasteiger partial charge in [0, 0.05) is 12.6 Å². The zero-order valence-electron chi connectivity index (χ0n) is 14.6. The fourth-order valence-corrected chi connectivity index (χ4v) is 2.67. The number of hydrogen-bond donors (Lipinski definition) is 1. The Balaban J connectivity index is 1.60. The highest BCUT2D eigenvalue weighted by atomic mass is 16.5. The Morgan fingerprint density at radius 1 is 1.12 bits per heavy atom. The van der Waals surface area contributed by atoms with Gasteiger partial charge in [-0.1, -0.05) is 24.3 Å². The predicted octanol–water partition coefficient (Wildman–Crippen LogP) is 2.75. The number of ether oxygens (including phenoxy) is 2. The van der Waals surface area contributed by atoms with Crippen LogP contribution in [-0.2, 0) is 16.1 Å². The van der Waals surface area contributed by atoms with Crippen molar-refractivity contribution < 1.29 is 24.2 Å². The molecular formula is C20H21NO5. The number of hydrogen-bond acceptors (Lipinski definition) is 5. The van der Waals surface area contributed by atoms with Crippen LogP contribution in [0.1, 0.15) is 28.8 Å². The van der Waals surface area contributed by atoms with Gasteiger partial charge in [0.25, 0.3) is 5.91 Å². The van der Waals surface area contributed by atoms with E-state index in [1.54, 1.807) is 24.1 Å². The van der Waals surface area contributed by atoms with Gasteiger partial charge in [-0.05, 0) is 42.7 Å². The Hall–Kier alpha value is -3.02. The first-order valence-corrected chi connectivity index (χ1v) is 8.46. The number of carbonyl (C=O) groups is 2. The molecule has 0 heterocycles. The number of aromatic hydroxyl groups is 1. The van der Waals surface area contributed by atoms with E-state index in [0.29, 0.717) is 6.54 Å². The maximum absolute atomic E-state index is 12.5. The van der Waals surface area contributed by atoms with E-state index < -0.39 is 5.97 Å². The molecule has 1 aliphatic carbocycles. The summed E-state index contributed by atoms with van der Waals surface area (Å²) >= 11 is 0. The lowest BCUT2D eigenvalue weighted by molar-refractivity contribution is -0.135. The maximum atomic E-state index is 12.5. The monoisotopic (exact) mass is 355 g/mol. The molecule has 0 bridgehead atoms. The molecule has 2 aromatic rings. The minimum Gasteiger partial charge on any atom is -0.507 e. The topological polar surface area (TPSA) is 76.1 Å². The molecule has 6 heteroatoms. The lowest BCUT2D eigenvalue weighted by Gasteiger charge is -2.22. The molecule has 0 saturated heterocycles. The largest absolute Gasteiger partial charge is 0.507 e. The summed E-state index contributed by atoms with van der Waals surface area (Å²) in [5.41, 5.74) is 1.03. The van der Waals surface area contributed by atoms with Crippen LogP contribution in [0.4, 0.5) is 0 Å². The lowest BCUT2D eigenvalue weighted by Crippen LogP contribution is -2.36. The first kappa shape index (κ1) is 17.8. The molecule has 3 rings (SSSR count). The van der Waals surface area contributed by atoms with E-state index in [9.17, 15) is 14.7 Å². The third kappa shape index (κ3) is 4.33. The van der Waals surface area contributed by atoms with Crippen molar-refractivity contribution in [2.45, 2.75) is 25.4 Å². The van der Waals surface area contributed by atoms with Crippen molar-refractivity contribution in [1.29, 1.82) is 0 Å². The highest BCUT2D eigenvalue weighted by Gasteiger charge is 2.33. The Bertz CT molecular complexity index is 783. The highest BCUT2D eigenvalue weighted by molar-refractivity contribution is 5.93. The SMILES string of the molecule is COc1ccc(CN(C(=O)COC(=O)c2ccccc2O)C2CC2)cc1. The van der Waals surface area contributed by atoms with E-state index in [0.717, 1.165) is 24.2 Å². The fraction of sp³-hybridized carbons (Fsp3) is 0.300. The summed E-state index contributed by atoms with van der Waals surface area (Å²) in [7, 11) is 1.61. The fourth-order valence-electron chi connectivity index (χ4n) is 2.67. The number of carbonyl (C=O) groups excluding carboxylic acids is 2. The molecule has 0 radical (unpaired) electrons. The molecule has 136 valence electrons. The number of phenolic OH excluding ortho intramolecular Hbond substituents is 1. The molecule has 0 atom stereocenters. The van der Waals surface area contributed by atoms with E-state index in [-0.39, 0.29) is 29.9 Å². The summed E-state index contributed by atoms with van der Waals surface area (Å²) in [6.45, 7) is 0.113. The van der Waals surface area contributed by atoms with Crippen molar-refractivity contribution in [3.8, 4) is 11.5 Å². The van der Waals surface area contributed by atoms with Gasteiger partial charge in [-0.25, -0.2) is 4.79 Å². The molecule has 0 unspecified atom stereocenters. The number of para-hydroxylation sites is 1. The van der Waals surface area contributed by atoms with Crippen molar-refractivity contribution in [3.63, 3.8) is 0 Å². The zero-order valence-corrected chi connectivity index (χ0v) is 14.6. The number of phenols is 1. The minimum atomic E-state index is -0.711. The van der Waals surface area contributed by atoms with E-state index in [4.69, 9.17) is 9.47 Å². The molecule has 1 N–H and O–H groups in total. The van der Waals surface area contributed by atoms with E-state index in [2.05, 4.69) is 0 Å². The average molecular weight is 355 g/mol. The summed E-state index contributed by atoms with van der Waals surface area (Å²) in [5.74, 6) is -0.361. The van der Waals surface area contributed by atoms with Gasteiger partial charge in [-0.2, -0.15) is 0 Å². The summed E-state index contributed by atoms with van der Waals surface area (Å²) in [5, 5.41) is 9.68. The molecule has 26 heavy (non-hydrogen) atoms. The summed E-state index contributed by atoms with van der Waals surface area (Å²) in [6.07, 6.45) is 1.91. The second-order valence-corrected chi connectivity index (χ2v) is 6.19. The molecule has 1 aliphatic rings. The Labute approximate surface area is 152 Å². The van der Waals surface area contributed by atoms with Gasteiger partial charge in [-0.3, -0.25) is 4.79 Å². The van der Waals surface area contributed by atoms with Gasteiger partial charge in [0.1, 0.15) is 17.1 Å². The Morgan fingerprint density at radius 3 is 2.42 bits per heavy atom. The van der Waals surface area contributed by atoms with Crippen LogP contribution in [0.25, 0.3) is 0 Å². The number of rotatable bonds is 7. The third-order valence-corrected chi connectivity index (χ3v) is 4.27. The van der Waals surface area contributed by atoms with Gasteiger partial charge in [0.2, 0.25) is 0 Å². The molecular weight excluding hydrogens is 334 g/mol. The number of esters is 1. The standard InChI is InChI=1S/C20H21NO5/c1-25-16-10-6-14(7-11-16)12-21(15-8-9-15)19(23)13-26-20(24)17-4-2-3-5-18(17)22/h2-7,10-11,15,22H,8-9,12-13H2,1H3. The van der Waals surface area contributed by atoms with E-state index in [1.165, 1.54) is 12.1 Å². The van der Waals surface area contributed by atoms with Crippen LogP contribution >= 0.6 is 0 Å². The van der Waals surface area contributed by atoms with Crippen LogP contribution in [0.5, 0.6) is 11.5 Å². The lowest BCUT2D eigenvalue weighted by atomic mass is 10.2. The molecule has 1 amide bonds. The number of amides is 1. The van der Waals surface area contributed by atoms with Crippen molar-refractivity contribution >= 4 is 11.9 Å². The smallest absolute Gasteiger partial charge is 0.342 e. The molecule has 1 fully saturated rings. The minimum absolute atomic E-state index is 0.0495. The normalized spacial score (nSPS) is 13.1. The number of benzene rings is 2. The summed E-state index contributed by atoms with van der Waals surface area (Å²) < 4.78 is 10.2. The summed E-state index contributed by atoms with van der Waals surface area (Å²) in [4.78, 5) is 26.3. The van der Waals surface area contributed by atoms with E-state index in [1.807, 2.05) is 24.3 Å². The van der Waals surface area contributed by atoms with Gasteiger partial charge in [-0.15, -0.1) is 0 Å². The van der Waals surface area contributed by atoms with Crippen molar-refractivity contribution in [3.05, 3.63) is 59.7 Å². The van der Waals surface area contributed by atoms with Crippen LogP contribution in [-0.4, -0.2) is 41.6 Å². The van der Waals surface area contributed by atoms with Crippen LogP contribution in [0, 0.1) is 0 Å². The first-order chi connectivity index (χ1) is 12.6. The second kappa shape index (κ2) is 7.91. The molecule has 0 aromatic heterocycles. The molecule has 0 spiro atoms. The average Bonchev–Trinajstić information content (AvgIpc) is 3.50. The van der Waals surface area contributed by atoms with Crippen molar-refractivity contribution in [2.75, 3.05) is 13.7 Å².